The Morgan fingerprint density at radius 2 is 2.05 bits per heavy atom. The molecule has 0 aliphatic heterocycles. The molecule has 0 spiro atoms. The number of aryl methyl sites for hydroxylation is 1. The number of hydrogen-bond acceptors (Lipinski definition) is 4. The van der Waals surface area contributed by atoms with Gasteiger partial charge in [-0.25, -0.2) is 13.1 Å². The number of nitrogens with one attached hydrogen (secondary N) is 3. The van der Waals surface area contributed by atoms with E-state index < -0.39 is 10.0 Å². The van der Waals surface area contributed by atoms with E-state index in [1.165, 1.54) is 12.8 Å². The van der Waals surface area contributed by atoms with Gasteiger partial charge in [0.2, 0.25) is 10.0 Å². The summed E-state index contributed by atoms with van der Waals surface area (Å²) in [6, 6.07) is 0.526. The molecule has 0 saturated heterocycles. The molecule has 21 heavy (non-hydrogen) atoms. The monoisotopic (exact) mass is 312 g/mol. The summed E-state index contributed by atoms with van der Waals surface area (Å²) in [6.45, 7) is 7.10. The van der Waals surface area contributed by atoms with Gasteiger partial charge in [-0.1, -0.05) is 13.8 Å². The standard InChI is InChI=1S/C14H24N4O2S/c1-9-13(12(18-17-9)8-15-11-4-5-11)21(19,20)16-7-10-6-14(10,2)3/h10-11,15-16H,4-8H2,1-3H3,(H,17,18). The molecule has 6 nitrogen and oxygen atoms in total. The smallest absolute Gasteiger partial charge is 0.244 e. The van der Waals surface area contributed by atoms with Crippen molar-refractivity contribution in [1.82, 2.24) is 20.2 Å². The molecule has 3 rings (SSSR count). The molecule has 1 unspecified atom stereocenters. The van der Waals surface area contributed by atoms with Crippen molar-refractivity contribution in [2.75, 3.05) is 6.54 Å². The largest absolute Gasteiger partial charge is 0.308 e. The van der Waals surface area contributed by atoms with E-state index in [9.17, 15) is 8.42 Å². The van der Waals surface area contributed by atoms with Gasteiger partial charge in [0.1, 0.15) is 4.90 Å². The van der Waals surface area contributed by atoms with E-state index in [2.05, 4.69) is 34.1 Å². The van der Waals surface area contributed by atoms with Gasteiger partial charge in [0, 0.05) is 19.1 Å². The maximum Gasteiger partial charge on any atom is 0.244 e. The number of aromatic amines is 1. The zero-order valence-corrected chi connectivity index (χ0v) is 13.7. The summed E-state index contributed by atoms with van der Waals surface area (Å²) in [4.78, 5) is 0.314. The summed E-state index contributed by atoms with van der Waals surface area (Å²) >= 11 is 0. The normalized spacial score (nSPS) is 24.2. The number of aromatic nitrogens is 2. The third-order valence-corrected chi connectivity index (χ3v) is 6.23. The number of nitrogens with zero attached hydrogens (tertiary/aromatic N) is 1. The van der Waals surface area contributed by atoms with Crippen LogP contribution < -0.4 is 10.0 Å². The Kier molecular flexibility index (Phi) is 3.62. The number of hydrogen-bond donors (Lipinski definition) is 3. The number of sulfonamides is 1. The summed E-state index contributed by atoms with van der Waals surface area (Å²) in [5, 5.41) is 10.3. The van der Waals surface area contributed by atoms with Crippen molar-refractivity contribution in [3.8, 4) is 0 Å². The first-order valence-electron chi connectivity index (χ1n) is 7.56. The summed E-state index contributed by atoms with van der Waals surface area (Å²) in [6.07, 6.45) is 3.41. The molecule has 0 bridgehead atoms. The lowest BCUT2D eigenvalue weighted by molar-refractivity contribution is 0.536. The second-order valence-corrected chi connectivity index (χ2v) is 8.72. The zero-order chi connectivity index (χ0) is 15.3. The Balaban J connectivity index is 1.69. The molecule has 0 amide bonds. The van der Waals surface area contributed by atoms with Crippen molar-refractivity contribution in [1.29, 1.82) is 0 Å². The number of H-pyrrole nitrogens is 1. The maximum absolute atomic E-state index is 12.5. The van der Waals surface area contributed by atoms with Gasteiger partial charge >= 0.3 is 0 Å². The third kappa shape index (κ3) is 3.30. The Labute approximate surface area is 126 Å². The van der Waals surface area contributed by atoms with Crippen LogP contribution in [-0.2, 0) is 16.6 Å². The van der Waals surface area contributed by atoms with Crippen molar-refractivity contribution in [2.45, 2.75) is 57.5 Å². The molecule has 2 saturated carbocycles. The average Bonchev–Trinajstić information content (AvgIpc) is 3.27. The van der Waals surface area contributed by atoms with Crippen molar-refractivity contribution < 1.29 is 8.42 Å². The minimum atomic E-state index is -3.49. The minimum Gasteiger partial charge on any atom is -0.308 e. The van der Waals surface area contributed by atoms with Gasteiger partial charge < -0.3 is 5.32 Å². The summed E-state index contributed by atoms with van der Waals surface area (Å²) in [5.41, 5.74) is 1.46. The Morgan fingerprint density at radius 3 is 2.62 bits per heavy atom. The molecular weight excluding hydrogens is 288 g/mol. The summed E-state index contributed by atoms with van der Waals surface area (Å²) < 4.78 is 27.8. The molecule has 3 N–H and O–H groups in total. The molecule has 2 aliphatic carbocycles. The fraction of sp³-hybridized carbons (Fsp3) is 0.786. The maximum atomic E-state index is 12.5. The van der Waals surface area contributed by atoms with Crippen LogP contribution >= 0.6 is 0 Å². The molecule has 1 aromatic heterocycles. The van der Waals surface area contributed by atoms with E-state index in [0.29, 0.717) is 41.3 Å². The molecule has 2 fully saturated rings. The van der Waals surface area contributed by atoms with Gasteiger partial charge in [0.25, 0.3) is 0 Å². The van der Waals surface area contributed by atoms with Gasteiger partial charge in [-0.2, -0.15) is 5.10 Å². The Hall–Kier alpha value is -0.920. The fourth-order valence-electron chi connectivity index (χ4n) is 2.68. The average molecular weight is 312 g/mol. The van der Waals surface area contributed by atoms with Crippen molar-refractivity contribution in [3.63, 3.8) is 0 Å². The van der Waals surface area contributed by atoms with Gasteiger partial charge in [0.15, 0.2) is 0 Å². The topological polar surface area (TPSA) is 86.9 Å². The second-order valence-electron chi connectivity index (χ2n) is 7.02. The number of rotatable bonds is 7. The first kappa shape index (κ1) is 15.0. The van der Waals surface area contributed by atoms with Crippen molar-refractivity contribution in [3.05, 3.63) is 11.4 Å². The Morgan fingerprint density at radius 1 is 1.38 bits per heavy atom. The fourth-order valence-corrected chi connectivity index (χ4v) is 4.12. The van der Waals surface area contributed by atoms with E-state index in [0.717, 1.165) is 6.42 Å². The van der Waals surface area contributed by atoms with E-state index in [1.807, 2.05) is 0 Å². The molecule has 118 valence electrons. The first-order chi connectivity index (χ1) is 9.79. The van der Waals surface area contributed by atoms with Crippen LogP contribution in [0.1, 0.15) is 44.5 Å². The van der Waals surface area contributed by atoms with Crippen LogP contribution in [0.3, 0.4) is 0 Å². The molecule has 0 radical (unpaired) electrons. The molecule has 1 aromatic rings. The quantitative estimate of drug-likeness (QED) is 0.708. The predicted molar refractivity (Wildman–Crippen MR) is 80.3 cm³/mol. The summed E-state index contributed by atoms with van der Waals surface area (Å²) in [7, 11) is -3.49. The van der Waals surface area contributed by atoms with Crippen LogP contribution in [0.25, 0.3) is 0 Å². The lowest BCUT2D eigenvalue weighted by Crippen LogP contribution is -2.28. The van der Waals surface area contributed by atoms with Crippen molar-refractivity contribution >= 4 is 10.0 Å². The van der Waals surface area contributed by atoms with E-state index in [4.69, 9.17) is 0 Å². The predicted octanol–water partition coefficient (Wildman–Crippen LogP) is 1.29. The minimum absolute atomic E-state index is 0.268. The highest BCUT2D eigenvalue weighted by atomic mass is 32.2. The zero-order valence-electron chi connectivity index (χ0n) is 12.9. The van der Waals surface area contributed by atoms with Crippen LogP contribution in [-0.4, -0.2) is 31.2 Å². The molecule has 1 heterocycles. The van der Waals surface area contributed by atoms with Crippen molar-refractivity contribution in [2.24, 2.45) is 11.3 Å². The third-order valence-electron chi connectivity index (χ3n) is 4.60. The van der Waals surface area contributed by atoms with Gasteiger partial charge in [-0.05, 0) is 37.5 Å². The van der Waals surface area contributed by atoms with Gasteiger partial charge in [0.05, 0.1) is 11.4 Å². The van der Waals surface area contributed by atoms with Crippen LogP contribution in [0.15, 0.2) is 4.90 Å². The molecule has 0 aromatic carbocycles. The van der Waals surface area contributed by atoms with E-state index in [-0.39, 0.29) is 5.41 Å². The van der Waals surface area contributed by atoms with Crippen LogP contribution in [0.2, 0.25) is 0 Å². The van der Waals surface area contributed by atoms with Gasteiger partial charge in [-0.3, -0.25) is 5.10 Å². The molecule has 2 aliphatic rings. The van der Waals surface area contributed by atoms with Crippen LogP contribution in [0.4, 0.5) is 0 Å². The SMILES string of the molecule is Cc1[nH]nc(CNC2CC2)c1S(=O)(=O)NCC1CC1(C)C. The molecule has 1 atom stereocenters. The second kappa shape index (κ2) is 5.07. The lowest BCUT2D eigenvalue weighted by Gasteiger charge is -2.09. The van der Waals surface area contributed by atoms with Crippen LogP contribution in [0.5, 0.6) is 0 Å². The Bertz CT molecular complexity index is 631. The van der Waals surface area contributed by atoms with Crippen LogP contribution in [0, 0.1) is 18.3 Å². The highest BCUT2D eigenvalue weighted by Crippen LogP contribution is 2.51. The molecule has 7 heteroatoms. The lowest BCUT2D eigenvalue weighted by atomic mass is 10.1. The van der Waals surface area contributed by atoms with Gasteiger partial charge in [-0.15, -0.1) is 0 Å². The first-order valence-corrected chi connectivity index (χ1v) is 9.05. The highest BCUT2D eigenvalue weighted by Gasteiger charge is 2.45. The highest BCUT2D eigenvalue weighted by molar-refractivity contribution is 7.89. The molecular formula is C14H24N4O2S. The summed E-state index contributed by atoms with van der Waals surface area (Å²) in [5.74, 6) is 0.438. The van der Waals surface area contributed by atoms with E-state index in [1.54, 1.807) is 6.92 Å². The van der Waals surface area contributed by atoms with E-state index >= 15 is 0 Å².